The van der Waals surface area contributed by atoms with Gasteiger partial charge >= 0.3 is 6.09 Å². The molecule has 3 N–H and O–H groups in total. The van der Waals surface area contributed by atoms with E-state index in [2.05, 4.69) is 5.32 Å². The standard InChI is InChI=1S/C25H32N2O4/c1-18(19-9-11-20(12-10-19)24(30)16-26-17-24)27-14-13-25(31-22(27)28,15-23(2,3)29)21-7-5-4-6-8-21/h4-12,18,26,29-30H,13-17H2,1-3H3/t18-,25-/m0/s1. The first kappa shape index (κ1) is 21.8. The van der Waals surface area contributed by atoms with Gasteiger partial charge in [-0.3, -0.25) is 0 Å². The van der Waals surface area contributed by atoms with Gasteiger partial charge in [0, 0.05) is 32.5 Å². The molecule has 0 aromatic heterocycles. The highest BCUT2D eigenvalue weighted by atomic mass is 16.6. The summed E-state index contributed by atoms with van der Waals surface area (Å²) in [6.07, 6.45) is 0.553. The van der Waals surface area contributed by atoms with Crippen LogP contribution in [-0.2, 0) is 15.9 Å². The van der Waals surface area contributed by atoms with Gasteiger partial charge in [0.2, 0.25) is 0 Å². The maximum atomic E-state index is 13.1. The fraction of sp³-hybridized carbons (Fsp3) is 0.480. The van der Waals surface area contributed by atoms with Gasteiger partial charge in [-0.1, -0.05) is 54.6 Å². The quantitative estimate of drug-likeness (QED) is 0.662. The zero-order valence-corrected chi connectivity index (χ0v) is 18.5. The van der Waals surface area contributed by atoms with Gasteiger partial charge in [0.05, 0.1) is 11.6 Å². The summed E-state index contributed by atoms with van der Waals surface area (Å²) >= 11 is 0. The van der Waals surface area contributed by atoms with E-state index in [-0.39, 0.29) is 12.1 Å². The van der Waals surface area contributed by atoms with Gasteiger partial charge in [-0.25, -0.2) is 4.79 Å². The minimum absolute atomic E-state index is 0.161. The van der Waals surface area contributed by atoms with E-state index in [0.29, 0.717) is 32.5 Å². The minimum Gasteiger partial charge on any atom is -0.438 e. The lowest BCUT2D eigenvalue weighted by Crippen LogP contribution is -2.56. The van der Waals surface area contributed by atoms with E-state index in [9.17, 15) is 15.0 Å². The zero-order chi connectivity index (χ0) is 22.3. The second kappa shape index (κ2) is 7.93. The number of carbonyl (C=O) groups is 1. The molecular formula is C25H32N2O4. The lowest BCUT2D eigenvalue weighted by atomic mass is 9.80. The smallest absolute Gasteiger partial charge is 0.411 e. The molecule has 0 bridgehead atoms. The molecule has 2 aromatic rings. The fourth-order valence-electron chi connectivity index (χ4n) is 4.71. The van der Waals surface area contributed by atoms with Gasteiger partial charge in [-0.05, 0) is 37.5 Å². The van der Waals surface area contributed by atoms with Crippen molar-refractivity contribution < 1.29 is 19.7 Å². The molecule has 6 heteroatoms. The second-order valence-electron chi connectivity index (χ2n) is 9.59. The number of carbonyl (C=O) groups excluding carboxylic acids is 1. The Morgan fingerprint density at radius 2 is 1.74 bits per heavy atom. The molecule has 2 aromatic carbocycles. The first-order valence-corrected chi connectivity index (χ1v) is 10.9. The summed E-state index contributed by atoms with van der Waals surface area (Å²) in [6, 6.07) is 17.3. The third kappa shape index (κ3) is 4.33. The molecule has 2 aliphatic heterocycles. The predicted octanol–water partition coefficient (Wildman–Crippen LogP) is 3.44. The first-order valence-electron chi connectivity index (χ1n) is 10.9. The number of amides is 1. The van der Waals surface area contributed by atoms with E-state index in [1.807, 2.05) is 61.5 Å². The molecule has 2 saturated heterocycles. The maximum absolute atomic E-state index is 13.1. The largest absolute Gasteiger partial charge is 0.438 e. The lowest BCUT2D eigenvalue weighted by Gasteiger charge is -2.45. The Kier molecular flexibility index (Phi) is 5.58. The third-order valence-corrected chi connectivity index (χ3v) is 6.52. The van der Waals surface area contributed by atoms with E-state index in [4.69, 9.17) is 4.74 Å². The van der Waals surface area contributed by atoms with Crippen LogP contribution >= 0.6 is 0 Å². The van der Waals surface area contributed by atoms with Gasteiger partial charge < -0.3 is 25.2 Å². The van der Waals surface area contributed by atoms with Crippen LogP contribution < -0.4 is 5.32 Å². The Bertz CT molecular complexity index is 919. The highest BCUT2D eigenvalue weighted by molar-refractivity contribution is 5.70. The molecule has 6 nitrogen and oxygen atoms in total. The van der Waals surface area contributed by atoms with Crippen molar-refractivity contribution in [1.82, 2.24) is 10.2 Å². The Morgan fingerprint density at radius 1 is 1.10 bits per heavy atom. The highest BCUT2D eigenvalue weighted by Crippen LogP contribution is 2.42. The van der Waals surface area contributed by atoms with Crippen molar-refractivity contribution in [3.05, 3.63) is 71.3 Å². The van der Waals surface area contributed by atoms with Crippen LogP contribution in [0.3, 0.4) is 0 Å². The Morgan fingerprint density at radius 3 is 2.26 bits per heavy atom. The van der Waals surface area contributed by atoms with Gasteiger partial charge in [0.25, 0.3) is 0 Å². The van der Waals surface area contributed by atoms with Crippen molar-refractivity contribution in [3.8, 4) is 0 Å². The van der Waals surface area contributed by atoms with Crippen LogP contribution in [0.5, 0.6) is 0 Å². The van der Waals surface area contributed by atoms with Crippen molar-refractivity contribution in [3.63, 3.8) is 0 Å². The van der Waals surface area contributed by atoms with E-state index in [0.717, 1.165) is 16.7 Å². The van der Waals surface area contributed by atoms with Gasteiger partial charge in [0.15, 0.2) is 0 Å². The lowest BCUT2D eigenvalue weighted by molar-refractivity contribution is -0.101. The molecule has 2 atom stereocenters. The van der Waals surface area contributed by atoms with E-state index < -0.39 is 16.8 Å². The van der Waals surface area contributed by atoms with Crippen molar-refractivity contribution in [2.75, 3.05) is 19.6 Å². The zero-order valence-electron chi connectivity index (χ0n) is 18.5. The van der Waals surface area contributed by atoms with Crippen LogP contribution in [-0.4, -0.2) is 46.4 Å². The van der Waals surface area contributed by atoms with Crippen LogP contribution in [0.15, 0.2) is 54.6 Å². The molecule has 4 rings (SSSR count). The Labute approximate surface area is 183 Å². The minimum atomic E-state index is -0.976. The number of aliphatic hydroxyl groups is 2. The Balaban J connectivity index is 1.53. The van der Waals surface area contributed by atoms with Crippen molar-refractivity contribution >= 4 is 6.09 Å². The summed E-state index contributed by atoms with van der Waals surface area (Å²) in [5.74, 6) is 0. The molecule has 0 radical (unpaired) electrons. The molecule has 1 amide bonds. The predicted molar refractivity (Wildman–Crippen MR) is 118 cm³/mol. The molecule has 166 valence electrons. The average Bonchev–Trinajstić information content (AvgIpc) is 2.71. The Hall–Kier alpha value is -2.41. The molecule has 0 unspecified atom stereocenters. The molecule has 0 saturated carbocycles. The second-order valence-corrected chi connectivity index (χ2v) is 9.59. The number of β-amino-alcohol motifs (C(OH)–C–C–N with tert-alkyl or cyclic N) is 1. The van der Waals surface area contributed by atoms with Crippen LogP contribution in [0.2, 0.25) is 0 Å². The van der Waals surface area contributed by atoms with Gasteiger partial charge in [-0.2, -0.15) is 0 Å². The van der Waals surface area contributed by atoms with Crippen LogP contribution in [0.1, 0.15) is 56.3 Å². The van der Waals surface area contributed by atoms with Gasteiger partial charge in [-0.15, -0.1) is 0 Å². The first-order chi connectivity index (χ1) is 14.6. The van der Waals surface area contributed by atoms with E-state index in [1.54, 1.807) is 18.7 Å². The monoisotopic (exact) mass is 424 g/mol. The van der Waals surface area contributed by atoms with E-state index >= 15 is 0 Å². The van der Waals surface area contributed by atoms with Crippen molar-refractivity contribution in [2.24, 2.45) is 0 Å². The van der Waals surface area contributed by atoms with Crippen LogP contribution in [0.4, 0.5) is 4.79 Å². The number of hydrogen-bond acceptors (Lipinski definition) is 5. The van der Waals surface area contributed by atoms with E-state index in [1.165, 1.54) is 0 Å². The summed E-state index contributed by atoms with van der Waals surface area (Å²) in [4.78, 5) is 14.9. The van der Waals surface area contributed by atoms with Gasteiger partial charge in [0.1, 0.15) is 11.2 Å². The number of rotatable bonds is 6. The number of nitrogens with zero attached hydrogens (tertiary/aromatic N) is 1. The van der Waals surface area contributed by atoms with Crippen LogP contribution in [0.25, 0.3) is 0 Å². The summed E-state index contributed by atoms with van der Waals surface area (Å²) < 4.78 is 6.07. The number of nitrogens with one attached hydrogen (secondary N) is 1. The summed E-state index contributed by atoms with van der Waals surface area (Å²) in [5, 5.41) is 24.1. The average molecular weight is 425 g/mol. The number of benzene rings is 2. The highest BCUT2D eigenvalue weighted by Gasteiger charge is 2.46. The molecule has 2 heterocycles. The molecule has 0 aliphatic carbocycles. The third-order valence-electron chi connectivity index (χ3n) is 6.52. The number of cyclic esters (lactones) is 1. The topological polar surface area (TPSA) is 82.0 Å². The molecule has 2 aliphatic rings. The number of ether oxygens (including phenoxy) is 1. The molecule has 31 heavy (non-hydrogen) atoms. The summed E-state index contributed by atoms with van der Waals surface area (Å²) in [5.41, 5.74) is 0.165. The fourth-order valence-corrected chi connectivity index (χ4v) is 4.71. The van der Waals surface area contributed by atoms with Crippen molar-refractivity contribution in [1.29, 1.82) is 0 Å². The molecule has 2 fully saturated rings. The van der Waals surface area contributed by atoms with Crippen molar-refractivity contribution in [2.45, 2.75) is 56.5 Å². The summed E-state index contributed by atoms with van der Waals surface area (Å²) in [7, 11) is 0. The molecular weight excluding hydrogens is 392 g/mol. The molecule has 0 spiro atoms. The number of hydrogen-bond donors (Lipinski definition) is 3. The van der Waals surface area contributed by atoms with Crippen LogP contribution in [0, 0.1) is 0 Å². The maximum Gasteiger partial charge on any atom is 0.411 e. The summed E-state index contributed by atoms with van der Waals surface area (Å²) in [6.45, 7) is 7.12. The SMILES string of the molecule is C[C@@H](c1ccc(C2(O)CNC2)cc1)N1CC[C@](CC(C)(C)O)(c2ccccc2)OC1=O. The normalized spacial score (nSPS) is 24.3.